The Bertz CT molecular complexity index is 2160. The van der Waals surface area contributed by atoms with Crippen molar-refractivity contribution in [2.24, 2.45) is 5.92 Å². The minimum atomic E-state index is -0.636. The van der Waals surface area contributed by atoms with Gasteiger partial charge in [-0.05, 0) is 86.8 Å². The minimum absolute atomic E-state index is 0.0216. The number of anilines is 1. The van der Waals surface area contributed by atoms with E-state index in [1.54, 1.807) is 41.6 Å². The number of rotatable bonds is 12. The van der Waals surface area contributed by atoms with Crippen LogP contribution in [0.3, 0.4) is 0 Å². The summed E-state index contributed by atoms with van der Waals surface area (Å²) in [5.74, 6) is 1.59. The first kappa shape index (κ1) is 40.1. The summed E-state index contributed by atoms with van der Waals surface area (Å²) >= 11 is 6.16. The van der Waals surface area contributed by atoms with E-state index >= 15 is 0 Å². The van der Waals surface area contributed by atoms with Crippen molar-refractivity contribution in [1.82, 2.24) is 30.4 Å². The quantitative estimate of drug-likeness (QED) is 0.246. The molecule has 5 fully saturated rings. The molecule has 3 saturated heterocycles. The summed E-state index contributed by atoms with van der Waals surface area (Å²) in [6.45, 7) is 4.59. The third-order valence-electron chi connectivity index (χ3n) is 13.1. The van der Waals surface area contributed by atoms with E-state index in [9.17, 15) is 19.2 Å². The maximum atomic E-state index is 13.1. The van der Waals surface area contributed by atoms with Crippen molar-refractivity contribution in [3.8, 4) is 17.6 Å². The Kier molecular flexibility index (Phi) is 11.6. The Morgan fingerprint density at radius 2 is 1.68 bits per heavy atom. The number of benzene rings is 2. The summed E-state index contributed by atoms with van der Waals surface area (Å²) in [4.78, 5) is 65.9. The number of fused-ring (bicyclic) bond motifs is 1. The monoisotopic (exact) mass is 836 g/mol. The summed E-state index contributed by atoms with van der Waals surface area (Å²) in [6.07, 6.45) is 11.0. The van der Waals surface area contributed by atoms with Crippen molar-refractivity contribution < 1.29 is 33.4 Å². The number of carbonyl (C=O) groups excluding carboxylic acids is 4. The van der Waals surface area contributed by atoms with E-state index in [1.807, 2.05) is 12.1 Å². The molecule has 4 aliphatic heterocycles. The number of piperidine rings is 2. The lowest BCUT2D eigenvalue weighted by Gasteiger charge is -2.50. The number of amides is 4. The highest BCUT2D eigenvalue weighted by atomic mass is 35.5. The first-order valence-corrected chi connectivity index (χ1v) is 21.6. The van der Waals surface area contributed by atoms with Crippen LogP contribution in [0.2, 0.25) is 5.02 Å². The molecule has 2 N–H and O–H groups in total. The van der Waals surface area contributed by atoms with Gasteiger partial charge in [0.15, 0.2) is 0 Å². The summed E-state index contributed by atoms with van der Waals surface area (Å²) in [5, 5.41) is 15.0. The van der Waals surface area contributed by atoms with Crippen LogP contribution < -0.4 is 25.0 Å². The number of nitrogens with zero attached hydrogens (tertiary/aromatic N) is 6. The molecule has 0 radical (unpaired) electrons. The Labute approximate surface area is 353 Å². The average Bonchev–Trinajstić information content (AvgIpc) is 3.54. The van der Waals surface area contributed by atoms with Crippen molar-refractivity contribution in [3.63, 3.8) is 0 Å². The van der Waals surface area contributed by atoms with Crippen LogP contribution in [0.5, 0.6) is 11.5 Å². The number of ether oxygens (including phenoxy) is 3. The summed E-state index contributed by atoms with van der Waals surface area (Å²) in [6, 6.07) is 13.0. The van der Waals surface area contributed by atoms with E-state index in [0.29, 0.717) is 58.6 Å². The number of carbonyl (C=O) groups is 4. The molecule has 1 atom stereocenters. The molecule has 2 aromatic carbocycles. The molecule has 2 aliphatic carbocycles. The van der Waals surface area contributed by atoms with Crippen LogP contribution in [0.1, 0.15) is 96.2 Å². The molecule has 0 spiro atoms. The number of aromatic nitrogens is 2. The molecule has 6 aliphatic rings. The Balaban J connectivity index is 0.707. The zero-order chi connectivity index (χ0) is 41.3. The van der Waals surface area contributed by atoms with Gasteiger partial charge in [-0.25, -0.2) is 9.97 Å². The maximum absolute atomic E-state index is 13.1. The van der Waals surface area contributed by atoms with E-state index in [4.69, 9.17) is 31.1 Å². The standard InChI is InChI=1S/C44H49ClN8O7/c45-37-18-34(4-1-27(37)19-46)59-32-5-2-29(3-6-32)49-42(55)38-20-48-40(21-47-38)51-13-11-26(12-14-51)22-52(31-24-58-25-31)30-16-35(17-30)60-33-7-8-36-28(15-33)23-53(44(36)57)39-9-10-41(54)50-43(39)56/h1,4,7-8,15,18,20-21,26,29-32,35,39H,2-3,5-6,9-14,16-17,22-25H2,(H,49,55)(H,50,54,56). The highest BCUT2D eigenvalue weighted by Crippen LogP contribution is 2.37. The predicted molar refractivity (Wildman–Crippen MR) is 219 cm³/mol. The van der Waals surface area contributed by atoms with E-state index in [0.717, 1.165) is 101 Å². The smallest absolute Gasteiger partial charge is 0.271 e. The molecule has 16 heteroatoms. The molecule has 0 bridgehead atoms. The summed E-state index contributed by atoms with van der Waals surface area (Å²) < 4.78 is 18.1. The third-order valence-corrected chi connectivity index (χ3v) is 13.4. The van der Waals surface area contributed by atoms with Crippen LogP contribution in [0.25, 0.3) is 0 Å². The Morgan fingerprint density at radius 3 is 2.37 bits per heavy atom. The van der Waals surface area contributed by atoms with Crippen molar-refractivity contribution in [3.05, 3.63) is 76.2 Å². The molecule has 3 aromatic rings. The van der Waals surface area contributed by atoms with Crippen LogP contribution in [-0.4, -0.2) is 113 Å². The van der Waals surface area contributed by atoms with Gasteiger partial charge in [0.1, 0.15) is 41.2 Å². The molecule has 9 rings (SSSR count). The molecule has 2 saturated carbocycles. The molecule has 4 amide bonds. The second-order valence-electron chi connectivity index (χ2n) is 17.0. The van der Waals surface area contributed by atoms with Gasteiger partial charge in [-0.3, -0.25) is 29.4 Å². The molecule has 15 nitrogen and oxygen atoms in total. The number of hydrogen-bond acceptors (Lipinski definition) is 12. The SMILES string of the molecule is N#Cc1ccc(OC2CCC(NC(=O)c3cnc(N4CCC(CN(C5COC5)C5CC(Oc6ccc7c(c6)CN(C6CCC(=O)NC6=O)C7=O)C5)CC4)cn3)CC2)cc1Cl. The number of hydrogen-bond donors (Lipinski definition) is 2. The van der Waals surface area contributed by atoms with Gasteiger partial charge in [-0.2, -0.15) is 5.26 Å². The number of halogens is 1. The van der Waals surface area contributed by atoms with Crippen molar-refractivity contribution >= 4 is 41.0 Å². The normalized spacial score (nSPS) is 25.8. The number of nitrogens with one attached hydrogen (secondary N) is 2. The summed E-state index contributed by atoms with van der Waals surface area (Å²) in [7, 11) is 0. The van der Waals surface area contributed by atoms with Crippen LogP contribution in [0.15, 0.2) is 48.8 Å². The fourth-order valence-electron chi connectivity index (χ4n) is 9.41. The van der Waals surface area contributed by atoms with Gasteiger partial charge >= 0.3 is 0 Å². The van der Waals surface area contributed by atoms with Crippen LogP contribution >= 0.6 is 11.6 Å². The van der Waals surface area contributed by atoms with E-state index in [1.165, 1.54) is 0 Å². The zero-order valence-electron chi connectivity index (χ0n) is 33.4. The van der Waals surface area contributed by atoms with E-state index < -0.39 is 11.9 Å². The second kappa shape index (κ2) is 17.4. The fourth-order valence-corrected chi connectivity index (χ4v) is 9.63. The van der Waals surface area contributed by atoms with Gasteiger partial charge in [0.2, 0.25) is 11.8 Å². The molecule has 1 unspecified atom stereocenters. The Morgan fingerprint density at radius 1 is 0.933 bits per heavy atom. The lowest BCUT2D eigenvalue weighted by Crippen LogP contribution is -2.60. The van der Waals surface area contributed by atoms with Gasteiger partial charge in [-0.15, -0.1) is 0 Å². The molecule has 60 heavy (non-hydrogen) atoms. The first-order valence-electron chi connectivity index (χ1n) is 21.2. The highest BCUT2D eigenvalue weighted by Gasteiger charge is 2.43. The Hall–Kier alpha value is -5.30. The van der Waals surface area contributed by atoms with Crippen molar-refractivity contribution in [2.75, 3.05) is 37.7 Å². The minimum Gasteiger partial charge on any atom is -0.490 e. The lowest BCUT2D eigenvalue weighted by atomic mass is 9.84. The molecule has 5 heterocycles. The topological polar surface area (TPSA) is 179 Å². The zero-order valence-corrected chi connectivity index (χ0v) is 34.1. The average molecular weight is 837 g/mol. The van der Waals surface area contributed by atoms with Gasteiger partial charge in [0, 0.05) is 69.2 Å². The third kappa shape index (κ3) is 8.64. The van der Waals surface area contributed by atoms with Gasteiger partial charge < -0.3 is 29.3 Å². The van der Waals surface area contributed by atoms with Crippen molar-refractivity contribution in [2.45, 2.75) is 107 Å². The van der Waals surface area contributed by atoms with E-state index in [2.05, 4.69) is 36.5 Å². The van der Waals surface area contributed by atoms with Crippen molar-refractivity contribution in [1.29, 1.82) is 5.26 Å². The summed E-state index contributed by atoms with van der Waals surface area (Å²) in [5.41, 5.74) is 2.15. The first-order chi connectivity index (χ1) is 29.2. The van der Waals surface area contributed by atoms with Gasteiger partial charge in [-0.1, -0.05) is 11.6 Å². The van der Waals surface area contributed by atoms with Gasteiger partial charge in [0.25, 0.3) is 11.8 Å². The van der Waals surface area contributed by atoms with Gasteiger partial charge in [0.05, 0.1) is 48.3 Å². The number of nitriles is 1. The number of imide groups is 1. The molecular formula is C44H49ClN8O7. The fraction of sp³-hybridized carbons (Fsp3) is 0.523. The highest BCUT2D eigenvalue weighted by molar-refractivity contribution is 6.31. The predicted octanol–water partition coefficient (Wildman–Crippen LogP) is 4.41. The largest absolute Gasteiger partial charge is 0.490 e. The van der Waals surface area contributed by atoms with E-state index in [-0.39, 0.29) is 42.4 Å². The maximum Gasteiger partial charge on any atom is 0.271 e. The second-order valence-corrected chi connectivity index (χ2v) is 17.4. The molecule has 314 valence electrons. The van der Waals surface area contributed by atoms with Crippen LogP contribution in [-0.2, 0) is 20.9 Å². The lowest BCUT2D eigenvalue weighted by molar-refractivity contribution is -0.136. The molecular weight excluding hydrogens is 788 g/mol. The van der Waals surface area contributed by atoms with Crippen LogP contribution in [0, 0.1) is 17.2 Å². The molecule has 1 aromatic heterocycles. The van der Waals surface area contributed by atoms with Crippen LogP contribution in [0.4, 0.5) is 5.82 Å².